The molecule has 1 heterocycles. The first-order valence-electron chi connectivity index (χ1n) is 7.17. The van der Waals surface area contributed by atoms with Crippen LogP contribution in [0.3, 0.4) is 0 Å². The van der Waals surface area contributed by atoms with Crippen LogP contribution in [0, 0.1) is 0 Å². The summed E-state index contributed by atoms with van der Waals surface area (Å²) >= 11 is 0. The fourth-order valence-corrected chi connectivity index (χ4v) is 2.36. The Morgan fingerprint density at radius 1 is 1.24 bits per heavy atom. The standard InChI is InChI=1S/C14H21N3O4/c1-3-20-14(18)17-10-4-6-11(7-5-10)21-13-12(19-2)15-8-9-16-13/h8-11H,3-7H2,1-2H3,(H,17,18). The van der Waals surface area contributed by atoms with Crippen molar-refractivity contribution in [3.8, 4) is 11.8 Å². The van der Waals surface area contributed by atoms with Crippen LogP contribution in [-0.2, 0) is 4.74 Å². The summed E-state index contributed by atoms with van der Waals surface area (Å²) in [5.74, 6) is 0.811. The van der Waals surface area contributed by atoms with Crippen molar-refractivity contribution in [3.63, 3.8) is 0 Å². The summed E-state index contributed by atoms with van der Waals surface area (Å²) < 4.78 is 15.8. The largest absolute Gasteiger partial charge is 0.477 e. The highest BCUT2D eigenvalue weighted by atomic mass is 16.5. The van der Waals surface area contributed by atoms with E-state index in [1.807, 2.05) is 0 Å². The van der Waals surface area contributed by atoms with E-state index in [1.165, 1.54) is 7.11 Å². The number of aromatic nitrogens is 2. The highest BCUT2D eigenvalue weighted by Crippen LogP contribution is 2.27. The number of ether oxygens (including phenoxy) is 3. The van der Waals surface area contributed by atoms with Gasteiger partial charge in [-0.1, -0.05) is 0 Å². The van der Waals surface area contributed by atoms with Crippen LogP contribution in [0.1, 0.15) is 32.6 Å². The minimum Gasteiger partial charge on any atom is -0.477 e. The Balaban J connectivity index is 1.80. The van der Waals surface area contributed by atoms with Crippen molar-refractivity contribution < 1.29 is 19.0 Å². The zero-order valence-electron chi connectivity index (χ0n) is 12.4. The van der Waals surface area contributed by atoms with Crippen molar-refractivity contribution in [3.05, 3.63) is 12.4 Å². The van der Waals surface area contributed by atoms with Gasteiger partial charge in [0.15, 0.2) is 0 Å². The Kier molecular flexibility index (Phi) is 5.59. The first-order valence-corrected chi connectivity index (χ1v) is 7.17. The zero-order valence-corrected chi connectivity index (χ0v) is 12.4. The van der Waals surface area contributed by atoms with Gasteiger partial charge in [-0.05, 0) is 32.6 Å². The van der Waals surface area contributed by atoms with E-state index in [2.05, 4.69) is 15.3 Å². The quantitative estimate of drug-likeness (QED) is 0.893. The molecule has 116 valence electrons. The van der Waals surface area contributed by atoms with Gasteiger partial charge in [-0.15, -0.1) is 0 Å². The van der Waals surface area contributed by atoms with Crippen LogP contribution in [0.4, 0.5) is 4.79 Å². The number of carbonyl (C=O) groups excluding carboxylic acids is 1. The highest BCUT2D eigenvalue weighted by Gasteiger charge is 2.25. The first kappa shape index (κ1) is 15.3. The molecule has 1 fully saturated rings. The molecule has 1 N–H and O–H groups in total. The predicted octanol–water partition coefficient (Wildman–Crippen LogP) is 1.92. The number of carbonyl (C=O) groups is 1. The Morgan fingerprint density at radius 3 is 2.52 bits per heavy atom. The van der Waals surface area contributed by atoms with E-state index < -0.39 is 0 Å². The number of nitrogens with zero attached hydrogens (tertiary/aromatic N) is 2. The molecule has 1 aliphatic rings. The van der Waals surface area contributed by atoms with Crippen molar-refractivity contribution in [1.82, 2.24) is 15.3 Å². The minimum absolute atomic E-state index is 0.0656. The third-order valence-corrected chi connectivity index (χ3v) is 3.38. The van der Waals surface area contributed by atoms with E-state index in [0.29, 0.717) is 18.4 Å². The molecule has 1 amide bonds. The summed E-state index contributed by atoms with van der Waals surface area (Å²) in [5.41, 5.74) is 0. The van der Waals surface area contributed by atoms with Crippen LogP contribution in [-0.4, -0.2) is 41.9 Å². The van der Waals surface area contributed by atoms with Crippen molar-refractivity contribution >= 4 is 6.09 Å². The van der Waals surface area contributed by atoms with Crippen molar-refractivity contribution in [2.24, 2.45) is 0 Å². The van der Waals surface area contributed by atoms with E-state index in [9.17, 15) is 4.79 Å². The molecule has 1 aromatic heterocycles. The number of methoxy groups -OCH3 is 1. The fourth-order valence-electron chi connectivity index (χ4n) is 2.36. The molecular formula is C14H21N3O4. The van der Waals surface area contributed by atoms with Gasteiger partial charge in [0.05, 0.1) is 13.7 Å². The summed E-state index contributed by atoms with van der Waals surface area (Å²) in [6.07, 6.45) is 6.25. The van der Waals surface area contributed by atoms with Gasteiger partial charge in [-0.3, -0.25) is 0 Å². The molecule has 0 spiro atoms. The molecule has 0 bridgehead atoms. The van der Waals surface area contributed by atoms with Crippen LogP contribution in [0.15, 0.2) is 12.4 Å². The lowest BCUT2D eigenvalue weighted by Crippen LogP contribution is -2.40. The van der Waals surface area contributed by atoms with E-state index in [1.54, 1.807) is 19.3 Å². The number of amides is 1. The predicted molar refractivity (Wildman–Crippen MR) is 75.4 cm³/mol. The molecule has 1 saturated carbocycles. The summed E-state index contributed by atoms with van der Waals surface area (Å²) in [6, 6.07) is 0.146. The van der Waals surface area contributed by atoms with Gasteiger partial charge in [-0.2, -0.15) is 0 Å². The van der Waals surface area contributed by atoms with Crippen LogP contribution in [0.25, 0.3) is 0 Å². The molecule has 1 aliphatic carbocycles. The van der Waals surface area contributed by atoms with Crippen molar-refractivity contribution in [2.45, 2.75) is 44.8 Å². The second kappa shape index (κ2) is 7.66. The maximum absolute atomic E-state index is 11.4. The lowest BCUT2D eigenvalue weighted by Gasteiger charge is -2.28. The van der Waals surface area contributed by atoms with Gasteiger partial charge in [-0.25, -0.2) is 14.8 Å². The normalized spacial score (nSPS) is 21.4. The summed E-state index contributed by atoms with van der Waals surface area (Å²) in [5, 5.41) is 2.86. The molecule has 0 aromatic carbocycles. The van der Waals surface area contributed by atoms with Crippen molar-refractivity contribution in [1.29, 1.82) is 0 Å². The number of hydrogen-bond donors (Lipinski definition) is 1. The lowest BCUT2D eigenvalue weighted by atomic mass is 9.93. The number of alkyl carbamates (subject to hydrolysis) is 1. The third-order valence-electron chi connectivity index (χ3n) is 3.38. The van der Waals surface area contributed by atoms with Crippen molar-refractivity contribution in [2.75, 3.05) is 13.7 Å². The van der Waals surface area contributed by atoms with Gasteiger partial charge < -0.3 is 19.5 Å². The first-order chi connectivity index (χ1) is 10.2. The van der Waals surface area contributed by atoms with E-state index in [0.717, 1.165) is 25.7 Å². The molecular weight excluding hydrogens is 274 g/mol. The molecule has 0 aliphatic heterocycles. The summed E-state index contributed by atoms with van der Waals surface area (Å²) in [6.45, 7) is 2.18. The molecule has 21 heavy (non-hydrogen) atoms. The number of nitrogens with one attached hydrogen (secondary N) is 1. The Labute approximate surface area is 124 Å². The smallest absolute Gasteiger partial charge is 0.407 e. The minimum atomic E-state index is -0.350. The average molecular weight is 295 g/mol. The Morgan fingerprint density at radius 2 is 1.90 bits per heavy atom. The van der Waals surface area contributed by atoms with Gasteiger partial charge >= 0.3 is 6.09 Å². The summed E-state index contributed by atoms with van der Waals surface area (Å²) in [4.78, 5) is 19.6. The second-order valence-corrected chi connectivity index (χ2v) is 4.83. The van der Waals surface area contributed by atoms with Crippen LogP contribution >= 0.6 is 0 Å². The van der Waals surface area contributed by atoms with E-state index >= 15 is 0 Å². The summed E-state index contributed by atoms with van der Waals surface area (Å²) in [7, 11) is 1.54. The third kappa shape index (κ3) is 4.47. The highest BCUT2D eigenvalue weighted by molar-refractivity contribution is 5.67. The molecule has 0 atom stereocenters. The Bertz CT molecular complexity index is 461. The maximum Gasteiger partial charge on any atom is 0.407 e. The fraction of sp³-hybridized carbons (Fsp3) is 0.643. The average Bonchev–Trinajstić information content (AvgIpc) is 2.50. The lowest BCUT2D eigenvalue weighted by molar-refractivity contribution is 0.116. The van der Waals surface area contributed by atoms with Crippen LogP contribution in [0.2, 0.25) is 0 Å². The molecule has 0 saturated heterocycles. The molecule has 7 nitrogen and oxygen atoms in total. The molecule has 0 radical (unpaired) electrons. The number of hydrogen-bond acceptors (Lipinski definition) is 6. The van der Waals surface area contributed by atoms with E-state index in [-0.39, 0.29) is 18.2 Å². The van der Waals surface area contributed by atoms with E-state index in [4.69, 9.17) is 14.2 Å². The molecule has 2 rings (SSSR count). The van der Waals surface area contributed by atoms with Gasteiger partial charge in [0.25, 0.3) is 11.8 Å². The molecule has 0 unspecified atom stereocenters. The molecule has 7 heteroatoms. The van der Waals surface area contributed by atoms with Gasteiger partial charge in [0, 0.05) is 18.4 Å². The van der Waals surface area contributed by atoms with Crippen LogP contribution in [0.5, 0.6) is 11.8 Å². The Hall–Kier alpha value is -2.05. The molecule has 1 aromatic rings. The monoisotopic (exact) mass is 295 g/mol. The maximum atomic E-state index is 11.4. The van der Waals surface area contributed by atoms with Gasteiger partial charge in [0.1, 0.15) is 6.10 Å². The topological polar surface area (TPSA) is 82.6 Å². The van der Waals surface area contributed by atoms with Crippen LogP contribution < -0.4 is 14.8 Å². The zero-order chi connectivity index (χ0) is 15.1. The SMILES string of the molecule is CCOC(=O)NC1CCC(Oc2nccnc2OC)CC1. The van der Waals surface area contributed by atoms with Gasteiger partial charge in [0.2, 0.25) is 0 Å². The second-order valence-electron chi connectivity index (χ2n) is 4.83. The number of rotatable bonds is 5.